The van der Waals surface area contributed by atoms with E-state index in [0.29, 0.717) is 28.4 Å². The first-order valence-corrected chi connectivity index (χ1v) is 20.2. The number of hydrogen-bond donors (Lipinski definition) is 0. The summed E-state index contributed by atoms with van der Waals surface area (Å²) in [5, 5.41) is 12.4. The fourth-order valence-corrected chi connectivity index (χ4v) is 9.10. The SMILES string of the molecule is Cc1cc(C)c([S+](c2ccccc2)c2ccccc2)c(C)c1.O=C([O-])c1cc(Oc2ccccc2)c(Oc2ccccc2)c(Oc2ccccc2)c1-c1ccccc1. The Morgan fingerprint density at radius 2 is 0.845 bits per heavy atom. The van der Waals surface area contributed by atoms with Crippen LogP contribution in [0.3, 0.4) is 0 Å². The molecule has 0 amide bonds. The molecule has 0 aromatic heterocycles. The Kier molecular flexibility index (Phi) is 12.7. The van der Waals surface area contributed by atoms with Crippen molar-refractivity contribution in [3.05, 3.63) is 222 Å². The van der Waals surface area contributed by atoms with Crippen molar-refractivity contribution in [3.63, 3.8) is 0 Å². The standard InChI is InChI=1S/C31H22O5.C21H21S/c32-31(33)26-21-27(34-23-15-7-2-8-16-23)29(35-24-17-9-3-10-18-24)30(36-25-19-11-4-12-20-25)28(26)22-13-5-1-6-14-22;1-16-14-17(2)21(18(3)15-16)22(19-10-6-4-7-11-19)20-12-8-5-9-13-20/h1-21H,(H,32,33);4-15H,1-3H3/q;+1/p-1. The second-order valence-corrected chi connectivity index (χ2v) is 15.5. The molecular formula is C52H42O5S. The lowest BCUT2D eigenvalue weighted by Gasteiger charge is -2.23. The molecule has 0 N–H and O–H groups in total. The number of carboxylic acid groups (broad SMARTS) is 1. The lowest BCUT2D eigenvalue weighted by molar-refractivity contribution is -0.255. The van der Waals surface area contributed by atoms with E-state index >= 15 is 0 Å². The summed E-state index contributed by atoms with van der Waals surface area (Å²) in [6.45, 7) is 6.65. The Bertz CT molecular complexity index is 2500. The van der Waals surface area contributed by atoms with Crippen LogP contribution in [0.2, 0.25) is 0 Å². The zero-order valence-corrected chi connectivity index (χ0v) is 33.3. The molecule has 5 nitrogen and oxygen atoms in total. The van der Waals surface area contributed by atoms with Gasteiger partial charge in [-0.2, -0.15) is 0 Å². The van der Waals surface area contributed by atoms with E-state index in [1.807, 2.05) is 84.9 Å². The second kappa shape index (κ2) is 18.7. The van der Waals surface area contributed by atoms with E-state index in [4.69, 9.17) is 14.2 Å². The van der Waals surface area contributed by atoms with Gasteiger partial charge in [-0.05, 0) is 93.1 Å². The van der Waals surface area contributed by atoms with Gasteiger partial charge in [-0.1, -0.05) is 139 Å². The lowest BCUT2D eigenvalue weighted by atomic mass is 9.97. The molecule has 0 bridgehead atoms. The molecule has 0 aliphatic heterocycles. The highest BCUT2D eigenvalue weighted by atomic mass is 32.2. The lowest BCUT2D eigenvalue weighted by Crippen LogP contribution is -2.23. The van der Waals surface area contributed by atoms with Crippen LogP contribution >= 0.6 is 0 Å². The molecule has 58 heavy (non-hydrogen) atoms. The van der Waals surface area contributed by atoms with Gasteiger partial charge in [0.1, 0.15) is 17.2 Å². The van der Waals surface area contributed by atoms with Crippen LogP contribution in [0.25, 0.3) is 11.1 Å². The van der Waals surface area contributed by atoms with Crippen LogP contribution in [0.15, 0.2) is 215 Å². The average molecular weight is 779 g/mol. The first kappa shape index (κ1) is 39.2. The maximum absolute atomic E-state index is 12.4. The minimum Gasteiger partial charge on any atom is -0.545 e. The zero-order valence-electron chi connectivity index (χ0n) is 32.5. The predicted molar refractivity (Wildman–Crippen MR) is 231 cm³/mol. The topological polar surface area (TPSA) is 67.8 Å². The largest absolute Gasteiger partial charge is 0.545 e. The first-order valence-electron chi connectivity index (χ1n) is 18.9. The highest BCUT2D eigenvalue weighted by Gasteiger charge is 2.32. The van der Waals surface area contributed by atoms with Crippen molar-refractivity contribution in [2.24, 2.45) is 0 Å². The van der Waals surface area contributed by atoms with Crippen LogP contribution in [-0.4, -0.2) is 5.97 Å². The van der Waals surface area contributed by atoms with E-state index < -0.39 is 5.97 Å². The van der Waals surface area contributed by atoms with Gasteiger partial charge in [0.05, 0.1) is 16.9 Å². The molecule has 0 fully saturated rings. The molecule has 0 aliphatic carbocycles. The van der Waals surface area contributed by atoms with Crippen LogP contribution in [0.1, 0.15) is 27.0 Å². The van der Waals surface area contributed by atoms with Gasteiger partial charge >= 0.3 is 0 Å². The van der Waals surface area contributed by atoms with Crippen LogP contribution in [0.5, 0.6) is 34.5 Å². The summed E-state index contributed by atoms with van der Waals surface area (Å²) in [4.78, 5) is 16.6. The molecule has 0 spiro atoms. The minimum atomic E-state index is -1.36. The van der Waals surface area contributed by atoms with Gasteiger partial charge in [-0.3, -0.25) is 0 Å². The molecule has 0 heterocycles. The third-order valence-corrected chi connectivity index (χ3v) is 11.7. The third kappa shape index (κ3) is 9.49. The first-order chi connectivity index (χ1) is 28.4. The van der Waals surface area contributed by atoms with E-state index in [-0.39, 0.29) is 33.7 Å². The highest BCUT2D eigenvalue weighted by Crippen LogP contribution is 2.51. The Morgan fingerprint density at radius 3 is 1.28 bits per heavy atom. The molecule has 8 aromatic carbocycles. The van der Waals surface area contributed by atoms with Crippen molar-refractivity contribution in [2.75, 3.05) is 0 Å². The van der Waals surface area contributed by atoms with Crippen LogP contribution in [0, 0.1) is 20.8 Å². The fraction of sp³-hybridized carbons (Fsp3) is 0.0577. The third-order valence-electron chi connectivity index (χ3n) is 9.15. The Morgan fingerprint density at radius 1 is 0.466 bits per heavy atom. The number of carbonyl (C=O) groups is 1. The van der Waals surface area contributed by atoms with E-state index in [9.17, 15) is 9.90 Å². The average Bonchev–Trinajstić information content (AvgIpc) is 3.25. The maximum atomic E-state index is 12.4. The summed E-state index contributed by atoms with van der Waals surface area (Å²) in [6.07, 6.45) is 0. The zero-order chi connectivity index (χ0) is 40.3. The Hall–Kier alpha value is -7.02. The molecule has 0 radical (unpaired) electrons. The molecule has 286 valence electrons. The predicted octanol–water partition coefficient (Wildman–Crippen LogP) is 12.8. The van der Waals surface area contributed by atoms with Crippen LogP contribution in [0.4, 0.5) is 0 Å². The number of carbonyl (C=O) groups excluding carboxylic acids is 1. The van der Waals surface area contributed by atoms with Crippen molar-refractivity contribution in [2.45, 2.75) is 35.5 Å². The van der Waals surface area contributed by atoms with E-state index in [0.717, 1.165) is 0 Å². The minimum absolute atomic E-state index is 0.0460. The summed E-state index contributed by atoms with van der Waals surface area (Å²) >= 11 is 0. The number of aromatic carboxylic acids is 1. The van der Waals surface area contributed by atoms with Gasteiger partial charge in [-0.15, -0.1) is 0 Å². The van der Waals surface area contributed by atoms with Gasteiger partial charge in [0, 0.05) is 22.3 Å². The highest BCUT2D eigenvalue weighted by molar-refractivity contribution is 7.97. The number of para-hydroxylation sites is 3. The molecular weight excluding hydrogens is 737 g/mol. The second-order valence-electron chi connectivity index (χ2n) is 13.5. The monoisotopic (exact) mass is 778 g/mol. The molecule has 0 saturated carbocycles. The van der Waals surface area contributed by atoms with E-state index in [1.54, 1.807) is 36.4 Å². The van der Waals surface area contributed by atoms with Crippen molar-refractivity contribution >= 4 is 16.9 Å². The number of rotatable bonds is 11. The molecule has 6 heteroatoms. The Labute approximate surface area is 343 Å². The van der Waals surface area contributed by atoms with Gasteiger partial charge in [-0.25, -0.2) is 0 Å². The van der Waals surface area contributed by atoms with Crippen molar-refractivity contribution in [3.8, 4) is 45.6 Å². The number of benzene rings is 8. The van der Waals surface area contributed by atoms with Crippen molar-refractivity contribution in [1.82, 2.24) is 0 Å². The number of hydrogen-bond acceptors (Lipinski definition) is 5. The fourth-order valence-electron chi connectivity index (χ4n) is 6.74. The number of carboxylic acids is 1. The molecule has 0 atom stereocenters. The maximum Gasteiger partial charge on any atom is 0.213 e. The summed E-state index contributed by atoms with van der Waals surface area (Å²) in [5.41, 5.74) is 4.97. The van der Waals surface area contributed by atoms with E-state index in [2.05, 4.69) is 93.6 Å². The normalized spacial score (nSPS) is 10.6. The quantitative estimate of drug-likeness (QED) is 0.122. The van der Waals surface area contributed by atoms with Gasteiger partial charge in [0.2, 0.25) is 5.75 Å². The molecule has 0 unspecified atom stereocenters. The van der Waals surface area contributed by atoms with Gasteiger partial charge in [0.15, 0.2) is 26.2 Å². The molecule has 0 saturated heterocycles. The van der Waals surface area contributed by atoms with Crippen LogP contribution in [-0.2, 0) is 10.9 Å². The smallest absolute Gasteiger partial charge is 0.213 e. The number of aryl methyl sites for hydroxylation is 3. The molecule has 0 aliphatic rings. The van der Waals surface area contributed by atoms with Crippen molar-refractivity contribution < 1.29 is 24.1 Å². The summed E-state index contributed by atoms with van der Waals surface area (Å²) in [7, 11) is -0.0460. The number of ether oxygens (including phenoxy) is 3. The molecule has 8 rings (SSSR count). The van der Waals surface area contributed by atoms with E-state index in [1.165, 1.54) is 37.4 Å². The van der Waals surface area contributed by atoms with Crippen LogP contribution < -0.4 is 19.3 Å². The summed E-state index contributed by atoms with van der Waals surface area (Å²) in [6, 6.07) is 64.2. The summed E-state index contributed by atoms with van der Waals surface area (Å²) < 4.78 is 18.8. The van der Waals surface area contributed by atoms with Gasteiger partial charge < -0.3 is 24.1 Å². The molecule has 8 aromatic rings. The summed E-state index contributed by atoms with van der Waals surface area (Å²) in [5.74, 6) is 0.799. The van der Waals surface area contributed by atoms with Gasteiger partial charge in [0.25, 0.3) is 0 Å². The Balaban J connectivity index is 0.000000199. The van der Waals surface area contributed by atoms with Crippen molar-refractivity contribution in [1.29, 1.82) is 0 Å².